The number of allylic oxidation sites excluding steroid dienone is 2. The fourth-order valence-electron chi connectivity index (χ4n) is 10.5. The van der Waals surface area contributed by atoms with Crippen molar-refractivity contribution in [2.45, 2.75) is 188 Å². The molecular weight excluding hydrogens is 565 g/mol. The molecule has 1 unspecified atom stereocenters. The summed E-state index contributed by atoms with van der Waals surface area (Å²) in [5.74, 6) is 2.27. The summed E-state index contributed by atoms with van der Waals surface area (Å²) in [6.45, 7) is 22.2. The van der Waals surface area contributed by atoms with Gasteiger partial charge in [0.1, 0.15) is 0 Å². The van der Waals surface area contributed by atoms with E-state index in [1.807, 2.05) is 0 Å². The number of rotatable bonds is 15. The molecule has 0 heterocycles. The second-order valence-corrected chi connectivity index (χ2v) is 21.4. The SMILES string of the molecule is CC1=C(CCC(O)CCCCCCCCc2ccccc2)[C@@H]2CC[C@H]3C(C)(C)[C@@H](O[Si](C(C)C)C(C)(C)C)CC[C@]3(C)[C@H]2CC1. The van der Waals surface area contributed by atoms with E-state index in [-0.39, 0.29) is 16.6 Å². The normalized spacial score (nSPS) is 29.2. The van der Waals surface area contributed by atoms with E-state index >= 15 is 0 Å². The first-order valence-corrected chi connectivity index (χ1v) is 20.7. The molecule has 2 fully saturated rings. The van der Waals surface area contributed by atoms with Crippen molar-refractivity contribution in [1.29, 1.82) is 0 Å². The highest BCUT2D eigenvalue weighted by atomic mass is 28.3. The lowest BCUT2D eigenvalue weighted by Gasteiger charge is -2.63. The topological polar surface area (TPSA) is 29.5 Å². The molecule has 1 N–H and O–H groups in total. The van der Waals surface area contributed by atoms with Gasteiger partial charge < -0.3 is 9.53 Å². The molecule has 3 aliphatic carbocycles. The second kappa shape index (κ2) is 16.0. The molecule has 0 amide bonds. The number of hydrogen-bond donors (Lipinski definition) is 1. The summed E-state index contributed by atoms with van der Waals surface area (Å²) in [4.78, 5) is 0. The van der Waals surface area contributed by atoms with Gasteiger partial charge in [-0.25, -0.2) is 0 Å². The smallest absolute Gasteiger partial charge is 0.220 e. The van der Waals surface area contributed by atoms with E-state index in [4.69, 9.17) is 4.43 Å². The van der Waals surface area contributed by atoms with Gasteiger partial charge in [-0.15, -0.1) is 0 Å². The van der Waals surface area contributed by atoms with Crippen LogP contribution in [0.1, 0.15) is 164 Å². The molecule has 255 valence electrons. The van der Waals surface area contributed by atoms with E-state index in [0.29, 0.717) is 17.1 Å². The lowest BCUT2D eigenvalue weighted by Crippen LogP contribution is -2.58. The molecular formula is C42H71O2Si. The Morgan fingerprint density at radius 1 is 0.867 bits per heavy atom. The standard InChI is InChI=1S/C42H71O2Si/c1-31(2)45(40(4,5)6)44-39-29-30-42(9)37-27-23-32(3)35(36(37)26-28-38(42)41(39,7)8)25-24-34(43)22-18-13-11-10-12-15-19-33-20-16-14-17-21-33/h14,16-17,20-21,31,34,36-39,43H,10-13,15,18-19,22-30H2,1-9H3/t34?,36-,37-,38-,39-,42+/m0/s1. The Balaban J connectivity index is 1.24. The Labute approximate surface area is 281 Å². The molecule has 1 radical (unpaired) electrons. The molecule has 6 atom stereocenters. The number of unbranched alkanes of at least 4 members (excludes halogenated alkanes) is 5. The number of hydrogen-bond acceptors (Lipinski definition) is 2. The third-order valence-electron chi connectivity index (χ3n) is 12.8. The minimum absolute atomic E-state index is 0.137. The van der Waals surface area contributed by atoms with Gasteiger partial charge in [0.15, 0.2) is 0 Å². The van der Waals surface area contributed by atoms with Crippen LogP contribution in [0.4, 0.5) is 0 Å². The van der Waals surface area contributed by atoms with Crippen molar-refractivity contribution in [2.75, 3.05) is 0 Å². The van der Waals surface area contributed by atoms with Crippen LogP contribution in [0.15, 0.2) is 41.5 Å². The molecule has 3 aliphatic rings. The average molecular weight is 636 g/mol. The maximum absolute atomic E-state index is 11.0. The predicted octanol–water partition coefficient (Wildman–Crippen LogP) is 12.3. The van der Waals surface area contributed by atoms with Gasteiger partial charge in [0.25, 0.3) is 0 Å². The van der Waals surface area contributed by atoms with E-state index in [0.717, 1.165) is 37.0 Å². The fraction of sp³-hybridized carbons (Fsp3) is 0.810. The number of aryl methyl sites for hydroxylation is 1. The van der Waals surface area contributed by atoms with E-state index in [1.54, 1.807) is 11.1 Å². The van der Waals surface area contributed by atoms with E-state index < -0.39 is 9.04 Å². The predicted molar refractivity (Wildman–Crippen MR) is 196 cm³/mol. The number of aliphatic hydroxyl groups is 1. The quantitative estimate of drug-likeness (QED) is 0.118. The summed E-state index contributed by atoms with van der Waals surface area (Å²) in [6.07, 6.45) is 20.1. The van der Waals surface area contributed by atoms with Crippen molar-refractivity contribution < 1.29 is 9.53 Å². The molecule has 1 aromatic carbocycles. The van der Waals surface area contributed by atoms with Gasteiger partial charge in [0, 0.05) is 0 Å². The maximum atomic E-state index is 11.0. The van der Waals surface area contributed by atoms with Crippen molar-refractivity contribution >= 4 is 9.04 Å². The van der Waals surface area contributed by atoms with Crippen LogP contribution in [0.2, 0.25) is 10.6 Å². The summed E-state index contributed by atoms with van der Waals surface area (Å²) < 4.78 is 7.21. The highest BCUT2D eigenvalue weighted by Gasteiger charge is 2.59. The summed E-state index contributed by atoms with van der Waals surface area (Å²) in [5, 5.41) is 11.3. The molecule has 45 heavy (non-hydrogen) atoms. The van der Waals surface area contributed by atoms with E-state index in [1.165, 1.54) is 89.0 Å². The first kappa shape index (κ1) is 36.9. The first-order chi connectivity index (χ1) is 21.2. The van der Waals surface area contributed by atoms with Gasteiger partial charge in [-0.05, 0) is 122 Å². The van der Waals surface area contributed by atoms with Gasteiger partial charge in [0.2, 0.25) is 9.04 Å². The Hall–Kier alpha value is -0.903. The third kappa shape index (κ3) is 9.17. The van der Waals surface area contributed by atoms with Gasteiger partial charge in [-0.2, -0.15) is 0 Å². The minimum atomic E-state index is -0.912. The monoisotopic (exact) mass is 636 g/mol. The van der Waals surface area contributed by atoms with Crippen molar-refractivity contribution in [3.8, 4) is 0 Å². The van der Waals surface area contributed by atoms with Crippen LogP contribution in [0.5, 0.6) is 0 Å². The van der Waals surface area contributed by atoms with Gasteiger partial charge in [-0.3, -0.25) is 0 Å². The summed E-state index contributed by atoms with van der Waals surface area (Å²) in [7, 11) is -0.912. The van der Waals surface area contributed by atoms with Crippen LogP contribution in [0.3, 0.4) is 0 Å². The van der Waals surface area contributed by atoms with Crippen LogP contribution in [-0.2, 0) is 10.8 Å². The molecule has 0 aromatic heterocycles. The number of fused-ring (bicyclic) bond motifs is 3. The van der Waals surface area contributed by atoms with Gasteiger partial charge in [0.05, 0.1) is 12.2 Å². The Morgan fingerprint density at radius 2 is 1.53 bits per heavy atom. The lowest BCUT2D eigenvalue weighted by molar-refractivity contribution is -0.144. The highest BCUT2D eigenvalue weighted by Crippen LogP contribution is 2.65. The van der Waals surface area contributed by atoms with Gasteiger partial charge >= 0.3 is 0 Å². The zero-order chi connectivity index (χ0) is 32.8. The summed E-state index contributed by atoms with van der Waals surface area (Å²) >= 11 is 0. The van der Waals surface area contributed by atoms with Crippen LogP contribution < -0.4 is 0 Å². The molecule has 2 saturated carbocycles. The molecule has 2 nitrogen and oxygen atoms in total. The van der Waals surface area contributed by atoms with Crippen molar-refractivity contribution in [2.24, 2.45) is 28.6 Å². The van der Waals surface area contributed by atoms with Crippen LogP contribution in [0.25, 0.3) is 0 Å². The van der Waals surface area contributed by atoms with E-state index in [2.05, 4.69) is 92.6 Å². The van der Waals surface area contributed by atoms with Crippen LogP contribution >= 0.6 is 0 Å². The summed E-state index contributed by atoms with van der Waals surface area (Å²) in [6, 6.07) is 10.9. The second-order valence-electron chi connectivity index (χ2n) is 17.8. The first-order valence-electron chi connectivity index (χ1n) is 19.2. The van der Waals surface area contributed by atoms with Crippen LogP contribution in [0, 0.1) is 28.6 Å². The molecule has 0 spiro atoms. The molecule has 3 heteroatoms. The number of aliphatic hydroxyl groups excluding tert-OH is 1. The van der Waals surface area contributed by atoms with Gasteiger partial charge in [-0.1, -0.05) is 129 Å². The average Bonchev–Trinajstić information content (AvgIpc) is 2.97. The van der Waals surface area contributed by atoms with Crippen molar-refractivity contribution in [1.82, 2.24) is 0 Å². The molecule has 1 aromatic rings. The van der Waals surface area contributed by atoms with Crippen molar-refractivity contribution in [3.63, 3.8) is 0 Å². The van der Waals surface area contributed by atoms with Crippen LogP contribution in [-0.4, -0.2) is 26.4 Å². The Kier molecular flexibility index (Phi) is 13.1. The summed E-state index contributed by atoms with van der Waals surface area (Å²) in [5.41, 5.74) is 6.14. The van der Waals surface area contributed by atoms with Crippen molar-refractivity contribution in [3.05, 3.63) is 47.0 Å². The van der Waals surface area contributed by atoms with E-state index in [9.17, 15) is 5.11 Å². The minimum Gasteiger partial charge on any atom is -0.412 e. The highest BCUT2D eigenvalue weighted by molar-refractivity contribution is 6.56. The Morgan fingerprint density at radius 3 is 2.20 bits per heavy atom. The molecule has 0 bridgehead atoms. The molecule has 4 rings (SSSR count). The number of benzene rings is 1. The Bertz CT molecular complexity index is 1070. The molecule has 0 saturated heterocycles. The zero-order valence-electron chi connectivity index (χ0n) is 31.0. The fourth-order valence-corrected chi connectivity index (χ4v) is 13.6. The zero-order valence-corrected chi connectivity index (χ0v) is 32.0. The third-order valence-corrected chi connectivity index (χ3v) is 15.8. The lowest BCUT2D eigenvalue weighted by atomic mass is 9.43. The molecule has 0 aliphatic heterocycles. The largest absolute Gasteiger partial charge is 0.412 e. The maximum Gasteiger partial charge on any atom is 0.220 e.